The average molecular weight is 273 g/mol. The highest BCUT2D eigenvalue weighted by molar-refractivity contribution is 5.94. The van der Waals surface area contributed by atoms with Gasteiger partial charge in [0.05, 0.1) is 23.7 Å². The number of aromatic nitrogens is 2. The number of hydrogen-bond acceptors (Lipinski definition) is 5. The topological polar surface area (TPSA) is 93.3 Å². The highest BCUT2D eigenvalue weighted by Crippen LogP contribution is 2.17. The molecule has 0 aliphatic rings. The maximum absolute atomic E-state index is 11.6. The maximum Gasteiger partial charge on any atom is 0.413 e. The summed E-state index contributed by atoms with van der Waals surface area (Å²) in [6.45, 7) is -0.0883. The van der Waals surface area contributed by atoms with E-state index in [0.29, 0.717) is 16.6 Å². The van der Waals surface area contributed by atoms with E-state index in [9.17, 15) is 9.59 Å². The van der Waals surface area contributed by atoms with Crippen molar-refractivity contribution in [3.05, 3.63) is 23.8 Å². The van der Waals surface area contributed by atoms with E-state index >= 15 is 0 Å². The van der Waals surface area contributed by atoms with Gasteiger partial charge < -0.3 is 14.5 Å². The van der Waals surface area contributed by atoms with Crippen molar-refractivity contribution in [1.29, 1.82) is 0 Å². The molecule has 1 amide bonds. The molecular weight excluding hydrogens is 262 g/mol. The fourth-order valence-corrected chi connectivity index (χ4v) is 1.53. The third kappa shape index (κ3) is 2.87. The fraction of sp³-hybridized carbons (Fsp3) is 0.154. The molecule has 0 unspecified atom stereocenters. The second-order valence-corrected chi connectivity index (χ2v) is 3.71. The molecule has 7 heteroatoms. The highest BCUT2D eigenvalue weighted by Gasteiger charge is 2.11. The predicted octanol–water partition coefficient (Wildman–Crippen LogP) is 1.53. The summed E-state index contributed by atoms with van der Waals surface area (Å²) >= 11 is 0. The molecule has 1 heterocycles. The van der Waals surface area contributed by atoms with E-state index in [0.717, 1.165) is 0 Å². The van der Waals surface area contributed by atoms with Gasteiger partial charge in [0.2, 0.25) is 5.95 Å². The van der Waals surface area contributed by atoms with E-state index in [1.165, 1.54) is 7.11 Å². The molecule has 102 valence electrons. The summed E-state index contributed by atoms with van der Waals surface area (Å²) in [6, 6.07) is 4.74. The van der Waals surface area contributed by atoms with Gasteiger partial charge in [0, 0.05) is 0 Å². The van der Waals surface area contributed by atoms with E-state index < -0.39 is 12.1 Å². The number of fused-ring (bicyclic) bond motifs is 1. The minimum Gasteiger partial charge on any atom is -0.453 e. The summed E-state index contributed by atoms with van der Waals surface area (Å²) in [5, 5.41) is 2.39. The minimum atomic E-state index is -0.641. The number of anilines is 1. The van der Waals surface area contributed by atoms with Crippen molar-refractivity contribution < 1.29 is 19.1 Å². The molecule has 7 nitrogen and oxygen atoms in total. The second-order valence-electron chi connectivity index (χ2n) is 3.71. The van der Waals surface area contributed by atoms with Crippen molar-refractivity contribution in [3.63, 3.8) is 0 Å². The van der Waals surface area contributed by atoms with E-state index in [4.69, 9.17) is 11.2 Å². The first kappa shape index (κ1) is 13.4. The molecule has 0 saturated carbocycles. The molecule has 0 radical (unpaired) electrons. The summed E-state index contributed by atoms with van der Waals surface area (Å²) < 4.78 is 9.27. The number of methoxy groups -OCH3 is 1. The zero-order valence-electron chi connectivity index (χ0n) is 10.6. The molecule has 0 saturated heterocycles. The number of benzene rings is 1. The van der Waals surface area contributed by atoms with Crippen LogP contribution in [-0.2, 0) is 9.47 Å². The molecular formula is C13H11N3O4. The maximum atomic E-state index is 11.6. The van der Waals surface area contributed by atoms with Gasteiger partial charge in [-0.25, -0.2) is 14.6 Å². The second kappa shape index (κ2) is 5.75. The lowest BCUT2D eigenvalue weighted by molar-refractivity contribution is 0.0557. The lowest BCUT2D eigenvalue weighted by Gasteiger charge is -2.00. The van der Waals surface area contributed by atoms with Crippen LogP contribution in [0.15, 0.2) is 18.2 Å². The third-order valence-corrected chi connectivity index (χ3v) is 2.41. The number of imidazole rings is 1. The Balaban J connectivity index is 2.23. The first-order valence-corrected chi connectivity index (χ1v) is 5.59. The smallest absolute Gasteiger partial charge is 0.413 e. The molecule has 2 rings (SSSR count). The van der Waals surface area contributed by atoms with Gasteiger partial charge in [0.1, 0.15) is 0 Å². The van der Waals surface area contributed by atoms with Gasteiger partial charge in [-0.3, -0.25) is 5.32 Å². The Morgan fingerprint density at radius 2 is 2.30 bits per heavy atom. The Morgan fingerprint density at radius 1 is 1.50 bits per heavy atom. The van der Waals surface area contributed by atoms with Gasteiger partial charge in [0.25, 0.3) is 0 Å². The van der Waals surface area contributed by atoms with E-state index in [1.54, 1.807) is 18.2 Å². The number of ether oxygens (including phenoxy) is 2. The number of terminal acetylenes is 1. The predicted molar refractivity (Wildman–Crippen MR) is 71.2 cm³/mol. The molecule has 20 heavy (non-hydrogen) atoms. The number of nitrogens with zero attached hydrogens (tertiary/aromatic N) is 1. The van der Waals surface area contributed by atoms with E-state index in [-0.39, 0.29) is 12.6 Å². The van der Waals surface area contributed by atoms with Gasteiger partial charge in [0.15, 0.2) is 6.61 Å². The molecule has 0 fully saturated rings. The summed E-state index contributed by atoms with van der Waals surface area (Å²) in [5.41, 5.74) is 1.50. The van der Waals surface area contributed by atoms with Crippen LogP contribution in [0.1, 0.15) is 10.4 Å². The number of carbonyl (C=O) groups excluding carboxylic acids is 2. The molecule has 0 atom stereocenters. The SMILES string of the molecule is C#CCOC(=O)c1ccc2nc(NC(=O)OC)[nH]c2c1. The molecule has 2 N–H and O–H groups in total. The zero-order chi connectivity index (χ0) is 14.5. The molecule has 0 aliphatic carbocycles. The molecule has 0 bridgehead atoms. The average Bonchev–Trinajstić information content (AvgIpc) is 2.85. The Labute approximate surface area is 114 Å². The number of esters is 1. The van der Waals surface area contributed by atoms with Crippen LogP contribution < -0.4 is 5.32 Å². The Bertz CT molecular complexity index is 699. The van der Waals surface area contributed by atoms with Crippen LogP contribution in [0.25, 0.3) is 11.0 Å². The van der Waals surface area contributed by atoms with Crippen molar-refractivity contribution in [2.45, 2.75) is 0 Å². The first-order chi connectivity index (χ1) is 9.63. The molecule has 1 aromatic carbocycles. The van der Waals surface area contributed by atoms with Crippen LogP contribution in [0.3, 0.4) is 0 Å². The monoisotopic (exact) mass is 273 g/mol. The van der Waals surface area contributed by atoms with Gasteiger partial charge in [-0.05, 0) is 18.2 Å². The number of hydrogen-bond donors (Lipinski definition) is 2. The van der Waals surface area contributed by atoms with Crippen LogP contribution in [0, 0.1) is 12.3 Å². The number of aromatic amines is 1. The standard InChI is InChI=1S/C13H11N3O4/c1-3-6-20-11(17)8-4-5-9-10(7-8)15-12(14-9)16-13(18)19-2/h1,4-5,7H,6H2,2H3,(H2,14,15,16,18). The van der Waals surface area contributed by atoms with Crippen molar-refractivity contribution in [3.8, 4) is 12.3 Å². The van der Waals surface area contributed by atoms with Gasteiger partial charge in [-0.15, -0.1) is 6.42 Å². The molecule has 0 spiro atoms. The lowest BCUT2D eigenvalue weighted by atomic mass is 10.2. The lowest BCUT2D eigenvalue weighted by Crippen LogP contribution is -2.11. The summed E-state index contributed by atoms with van der Waals surface area (Å²) in [4.78, 5) is 29.7. The van der Waals surface area contributed by atoms with Crippen LogP contribution in [0.5, 0.6) is 0 Å². The number of H-pyrrole nitrogens is 1. The normalized spacial score (nSPS) is 9.80. The van der Waals surface area contributed by atoms with E-state index in [1.807, 2.05) is 0 Å². The number of rotatable bonds is 3. The minimum absolute atomic E-state index is 0.0883. The summed E-state index contributed by atoms with van der Waals surface area (Å²) in [7, 11) is 1.25. The van der Waals surface area contributed by atoms with Crippen LogP contribution in [0.2, 0.25) is 0 Å². The van der Waals surface area contributed by atoms with Gasteiger partial charge in [-0.2, -0.15) is 0 Å². The van der Waals surface area contributed by atoms with E-state index in [2.05, 4.69) is 25.9 Å². The van der Waals surface area contributed by atoms with Crippen LogP contribution in [0.4, 0.5) is 10.7 Å². The van der Waals surface area contributed by atoms with Crippen molar-refractivity contribution >= 4 is 29.0 Å². The van der Waals surface area contributed by atoms with Crippen LogP contribution in [-0.4, -0.2) is 35.7 Å². The number of amides is 1. The summed E-state index contributed by atoms with van der Waals surface area (Å²) in [6.07, 6.45) is 4.37. The Morgan fingerprint density at radius 3 is 3.00 bits per heavy atom. The summed E-state index contributed by atoms with van der Waals surface area (Å²) in [5.74, 6) is 1.91. The largest absolute Gasteiger partial charge is 0.453 e. The van der Waals surface area contributed by atoms with Crippen molar-refractivity contribution in [2.24, 2.45) is 0 Å². The Kier molecular flexibility index (Phi) is 3.86. The van der Waals surface area contributed by atoms with Gasteiger partial charge in [-0.1, -0.05) is 5.92 Å². The molecule has 0 aliphatic heterocycles. The van der Waals surface area contributed by atoms with Crippen LogP contribution >= 0.6 is 0 Å². The fourth-order valence-electron chi connectivity index (χ4n) is 1.53. The van der Waals surface area contributed by atoms with Crippen molar-refractivity contribution in [2.75, 3.05) is 19.0 Å². The first-order valence-electron chi connectivity index (χ1n) is 5.59. The Hall–Kier alpha value is -3.01. The quantitative estimate of drug-likeness (QED) is 0.653. The van der Waals surface area contributed by atoms with Crippen molar-refractivity contribution in [1.82, 2.24) is 9.97 Å². The third-order valence-electron chi connectivity index (χ3n) is 2.41. The molecule has 2 aromatic rings. The highest BCUT2D eigenvalue weighted by atomic mass is 16.5. The number of carbonyl (C=O) groups is 2. The van der Waals surface area contributed by atoms with Gasteiger partial charge >= 0.3 is 12.1 Å². The zero-order valence-corrected chi connectivity index (χ0v) is 10.6. The molecule has 1 aromatic heterocycles. The number of nitrogens with one attached hydrogen (secondary N) is 2.